The van der Waals surface area contributed by atoms with Gasteiger partial charge in [-0.1, -0.05) is 12.1 Å². The lowest BCUT2D eigenvalue weighted by atomic mass is 10.1. The molecular weight excluding hydrogens is 202 g/mol. The molecule has 0 aliphatic heterocycles. The third-order valence-corrected chi connectivity index (χ3v) is 2.49. The molecule has 0 saturated heterocycles. The lowest BCUT2D eigenvalue weighted by Gasteiger charge is -2.08. The Kier molecular flexibility index (Phi) is 5.90. The van der Waals surface area contributed by atoms with Crippen molar-refractivity contribution in [3.8, 4) is 5.75 Å². The zero-order chi connectivity index (χ0) is 11.8. The highest BCUT2D eigenvalue weighted by Crippen LogP contribution is 2.18. The molecule has 0 amide bonds. The van der Waals surface area contributed by atoms with Gasteiger partial charge in [-0.3, -0.25) is 0 Å². The summed E-state index contributed by atoms with van der Waals surface area (Å²) >= 11 is 0. The summed E-state index contributed by atoms with van der Waals surface area (Å²) in [6.07, 6.45) is 0.953. The molecule has 1 aromatic carbocycles. The summed E-state index contributed by atoms with van der Waals surface area (Å²) in [5, 5.41) is 3.05. The third-order valence-electron chi connectivity index (χ3n) is 2.49. The molecule has 3 nitrogen and oxygen atoms in total. The monoisotopic (exact) mass is 223 g/mol. The first-order valence-electron chi connectivity index (χ1n) is 5.63. The molecular formula is C13H21NO2. The van der Waals surface area contributed by atoms with Crippen LogP contribution in [0.1, 0.15) is 11.1 Å². The van der Waals surface area contributed by atoms with Gasteiger partial charge in [0, 0.05) is 6.54 Å². The Hall–Kier alpha value is -1.06. The molecule has 0 aliphatic carbocycles. The molecule has 1 aromatic rings. The Morgan fingerprint density at radius 2 is 2.06 bits per heavy atom. The predicted molar refractivity (Wildman–Crippen MR) is 66.2 cm³/mol. The first kappa shape index (κ1) is 13.0. The van der Waals surface area contributed by atoms with Gasteiger partial charge in [0.05, 0.1) is 20.3 Å². The Balaban J connectivity index is 2.34. The average Bonchev–Trinajstić information content (AvgIpc) is 2.29. The fraction of sp³-hybridized carbons (Fsp3) is 0.538. The van der Waals surface area contributed by atoms with Crippen molar-refractivity contribution in [1.29, 1.82) is 0 Å². The molecule has 0 aliphatic rings. The van der Waals surface area contributed by atoms with Gasteiger partial charge in [0.25, 0.3) is 0 Å². The van der Waals surface area contributed by atoms with Crippen LogP contribution in [0.2, 0.25) is 0 Å². The number of hydrogen-bond acceptors (Lipinski definition) is 3. The molecule has 0 bridgehead atoms. The zero-order valence-electron chi connectivity index (χ0n) is 10.4. The van der Waals surface area contributed by atoms with Gasteiger partial charge in [-0.15, -0.1) is 0 Å². The van der Waals surface area contributed by atoms with Gasteiger partial charge in [0.1, 0.15) is 5.75 Å². The molecule has 0 atom stereocenters. The van der Waals surface area contributed by atoms with E-state index in [1.54, 1.807) is 7.11 Å². The smallest absolute Gasteiger partial charge is 0.121 e. The van der Waals surface area contributed by atoms with Crippen LogP contribution in [-0.4, -0.2) is 33.9 Å². The van der Waals surface area contributed by atoms with Gasteiger partial charge in [-0.05, 0) is 37.6 Å². The van der Waals surface area contributed by atoms with E-state index in [1.807, 2.05) is 13.1 Å². The predicted octanol–water partition coefficient (Wildman–Crippen LogP) is 1.78. The maximum atomic E-state index is 5.48. The first-order chi connectivity index (χ1) is 7.77. The van der Waals surface area contributed by atoms with Crippen molar-refractivity contribution in [3.05, 3.63) is 29.3 Å². The molecule has 0 saturated carbocycles. The maximum absolute atomic E-state index is 5.48. The number of methoxy groups -OCH3 is 1. The van der Waals surface area contributed by atoms with Crippen LogP contribution in [-0.2, 0) is 11.2 Å². The minimum Gasteiger partial charge on any atom is -0.496 e. The molecule has 1 rings (SSSR count). The summed E-state index contributed by atoms with van der Waals surface area (Å²) in [6.45, 7) is 4.50. The number of likely N-dealkylation sites (N-methyl/N-ethyl adjacent to an activating group) is 1. The molecule has 0 unspecified atom stereocenters. The van der Waals surface area contributed by atoms with E-state index in [4.69, 9.17) is 9.47 Å². The number of nitrogens with one attached hydrogen (secondary N) is 1. The molecule has 0 spiro atoms. The quantitative estimate of drug-likeness (QED) is 0.715. The number of hydrogen-bond donors (Lipinski definition) is 1. The number of aryl methyl sites for hydroxylation is 1. The summed E-state index contributed by atoms with van der Waals surface area (Å²) in [4.78, 5) is 0. The molecule has 0 aromatic heterocycles. The van der Waals surface area contributed by atoms with Crippen molar-refractivity contribution in [2.24, 2.45) is 0 Å². The summed E-state index contributed by atoms with van der Waals surface area (Å²) < 4.78 is 10.7. The number of benzene rings is 1. The maximum Gasteiger partial charge on any atom is 0.121 e. The first-order valence-corrected chi connectivity index (χ1v) is 5.63. The summed E-state index contributed by atoms with van der Waals surface area (Å²) in [5.74, 6) is 0.944. The summed E-state index contributed by atoms with van der Waals surface area (Å²) in [7, 11) is 3.62. The normalized spacial score (nSPS) is 10.4. The van der Waals surface area contributed by atoms with Crippen molar-refractivity contribution in [3.63, 3.8) is 0 Å². The van der Waals surface area contributed by atoms with Gasteiger partial charge < -0.3 is 14.8 Å². The highest BCUT2D eigenvalue weighted by Gasteiger charge is 1.99. The Morgan fingerprint density at radius 3 is 2.69 bits per heavy atom. The van der Waals surface area contributed by atoms with E-state index < -0.39 is 0 Å². The van der Waals surface area contributed by atoms with Crippen LogP contribution >= 0.6 is 0 Å². The van der Waals surface area contributed by atoms with E-state index in [0.29, 0.717) is 0 Å². The third kappa shape index (κ3) is 4.21. The molecule has 0 fully saturated rings. The lowest BCUT2D eigenvalue weighted by Crippen LogP contribution is -2.15. The van der Waals surface area contributed by atoms with Crippen molar-refractivity contribution in [2.75, 3.05) is 33.9 Å². The molecule has 0 heterocycles. The number of ether oxygens (including phenoxy) is 2. The van der Waals surface area contributed by atoms with Crippen LogP contribution in [0.3, 0.4) is 0 Å². The van der Waals surface area contributed by atoms with Crippen molar-refractivity contribution < 1.29 is 9.47 Å². The minimum absolute atomic E-state index is 0.769. The SMILES string of the molecule is CNCCOCCc1ccc(OC)c(C)c1. The molecule has 90 valence electrons. The summed E-state index contributed by atoms with van der Waals surface area (Å²) in [6, 6.07) is 6.26. The highest BCUT2D eigenvalue weighted by atomic mass is 16.5. The lowest BCUT2D eigenvalue weighted by molar-refractivity contribution is 0.140. The molecule has 1 N–H and O–H groups in total. The van der Waals surface area contributed by atoms with Crippen LogP contribution < -0.4 is 10.1 Å². The van der Waals surface area contributed by atoms with Crippen LogP contribution in [0.25, 0.3) is 0 Å². The van der Waals surface area contributed by atoms with E-state index in [2.05, 4.69) is 24.4 Å². The van der Waals surface area contributed by atoms with Crippen LogP contribution in [0, 0.1) is 6.92 Å². The van der Waals surface area contributed by atoms with Crippen LogP contribution in [0.5, 0.6) is 5.75 Å². The topological polar surface area (TPSA) is 30.5 Å². The molecule has 3 heteroatoms. The second kappa shape index (κ2) is 7.25. The van der Waals surface area contributed by atoms with Crippen LogP contribution in [0.15, 0.2) is 18.2 Å². The van der Waals surface area contributed by atoms with Gasteiger partial charge in [0.15, 0.2) is 0 Å². The fourth-order valence-corrected chi connectivity index (χ4v) is 1.56. The number of rotatable bonds is 7. The second-order valence-electron chi connectivity index (χ2n) is 3.77. The minimum atomic E-state index is 0.769. The molecule has 16 heavy (non-hydrogen) atoms. The van der Waals surface area contributed by atoms with Gasteiger partial charge >= 0.3 is 0 Å². The van der Waals surface area contributed by atoms with Gasteiger partial charge in [-0.25, -0.2) is 0 Å². The fourth-order valence-electron chi connectivity index (χ4n) is 1.56. The largest absolute Gasteiger partial charge is 0.496 e. The van der Waals surface area contributed by atoms with E-state index in [1.165, 1.54) is 11.1 Å². The Labute approximate surface area is 97.8 Å². The van der Waals surface area contributed by atoms with Gasteiger partial charge in [0.2, 0.25) is 0 Å². The Bertz CT molecular complexity index is 313. The van der Waals surface area contributed by atoms with Crippen LogP contribution in [0.4, 0.5) is 0 Å². The zero-order valence-corrected chi connectivity index (χ0v) is 10.4. The van der Waals surface area contributed by atoms with Crippen molar-refractivity contribution in [2.45, 2.75) is 13.3 Å². The summed E-state index contributed by atoms with van der Waals surface area (Å²) in [5.41, 5.74) is 2.47. The highest BCUT2D eigenvalue weighted by molar-refractivity contribution is 5.36. The molecule has 0 radical (unpaired) electrons. The van der Waals surface area contributed by atoms with Gasteiger partial charge in [-0.2, -0.15) is 0 Å². The second-order valence-corrected chi connectivity index (χ2v) is 3.77. The van der Waals surface area contributed by atoms with E-state index >= 15 is 0 Å². The standard InChI is InChI=1S/C13H21NO2/c1-11-10-12(4-5-13(11)15-3)6-8-16-9-7-14-2/h4-5,10,14H,6-9H2,1-3H3. The van der Waals surface area contributed by atoms with E-state index in [0.717, 1.165) is 31.9 Å². The Morgan fingerprint density at radius 1 is 1.25 bits per heavy atom. The average molecular weight is 223 g/mol. The van der Waals surface area contributed by atoms with Crippen molar-refractivity contribution >= 4 is 0 Å². The van der Waals surface area contributed by atoms with E-state index in [9.17, 15) is 0 Å². The van der Waals surface area contributed by atoms with Crippen molar-refractivity contribution in [1.82, 2.24) is 5.32 Å². The van der Waals surface area contributed by atoms with E-state index in [-0.39, 0.29) is 0 Å².